The van der Waals surface area contributed by atoms with Gasteiger partial charge >= 0.3 is 0 Å². The Kier molecular flexibility index (Phi) is 2.73. The Hall–Kier alpha value is -1.57. The van der Waals surface area contributed by atoms with Gasteiger partial charge in [-0.25, -0.2) is 0 Å². The molecule has 1 aromatic carbocycles. The molecule has 2 fully saturated rings. The largest absolute Gasteiger partial charge is 0.453 e. The second-order valence-electron chi connectivity index (χ2n) is 6.67. The Labute approximate surface area is 119 Å². The van der Waals surface area contributed by atoms with Crippen molar-refractivity contribution < 1.29 is 9.21 Å². The first-order chi connectivity index (χ1) is 9.70. The summed E-state index contributed by atoms with van der Waals surface area (Å²) in [6, 6.07) is 7.96. The van der Waals surface area contributed by atoms with Crippen molar-refractivity contribution in [2.45, 2.75) is 39.0 Å². The number of benzene rings is 1. The maximum absolute atomic E-state index is 12.5. The average Bonchev–Trinajstić information content (AvgIpc) is 3.12. The number of carbonyl (C=O) groups is 1. The van der Waals surface area contributed by atoms with Crippen molar-refractivity contribution in [3.05, 3.63) is 35.6 Å². The van der Waals surface area contributed by atoms with Gasteiger partial charge in [-0.15, -0.1) is 0 Å². The number of aryl methyl sites for hydroxylation is 1. The van der Waals surface area contributed by atoms with Crippen molar-refractivity contribution in [3.63, 3.8) is 0 Å². The smallest absolute Gasteiger partial charge is 0.198 e. The Balaban J connectivity index is 1.56. The molecule has 0 aliphatic heterocycles. The summed E-state index contributed by atoms with van der Waals surface area (Å²) in [6.07, 6.45) is 6.02. The minimum absolute atomic E-state index is 0.193. The van der Waals surface area contributed by atoms with Crippen LogP contribution in [0.2, 0.25) is 0 Å². The van der Waals surface area contributed by atoms with Gasteiger partial charge in [-0.2, -0.15) is 0 Å². The van der Waals surface area contributed by atoms with Gasteiger partial charge in [0.05, 0.1) is 0 Å². The summed E-state index contributed by atoms with van der Waals surface area (Å²) in [5, 5.41) is 1.04. The average molecular weight is 268 g/mol. The van der Waals surface area contributed by atoms with E-state index in [2.05, 4.69) is 0 Å². The maximum atomic E-state index is 12.5. The number of carbonyl (C=O) groups excluding carboxylic acids is 1. The minimum atomic E-state index is 0.193. The van der Waals surface area contributed by atoms with Gasteiger partial charge in [0.1, 0.15) is 5.58 Å². The van der Waals surface area contributed by atoms with E-state index in [1.165, 1.54) is 25.7 Å². The van der Waals surface area contributed by atoms with Crippen LogP contribution in [0.3, 0.4) is 0 Å². The molecular formula is C18H20O2. The fourth-order valence-corrected chi connectivity index (χ4v) is 4.31. The highest BCUT2D eigenvalue weighted by molar-refractivity contribution is 5.98. The van der Waals surface area contributed by atoms with Crippen LogP contribution in [0.5, 0.6) is 0 Å². The predicted molar refractivity (Wildman–Crippen MR) is 78.8 cm³/mol. The third-order valence-electron chi connectivity index (χ3n) is 5.35. The molecule has 104 valence electrons. The van der Waals surface area contributed by atoms with Crippen LogP contribution in [0.1, 0.15) is 48.2 Å². The van der Waals surface area contributed by atoms with Crippen LogP contribution >= 0.6 is 0 Å². The van der Waals surface area contributed by atoms with E-state index in [9.17, 15) is 4.79 Å². The summed E-state index contributed by atoms with van der Waals surface area (Å²) in [4.78, 5) is 12.5. The number of Topliss-reactive ketones (excluding diaryl/α,β-unsaturated/α-hetero) is 1. The molecule has 0 saturated heterocycles. The normalized spacial score (nSPS) is 28.4. The fraction of sp³-hybridized carbons (Fsp3) is 0.500. The van der Waals surface area contributed by atoms with E-state index in [0.717, 1.165) is 28.4 Å². The molecule has 2 aromatic rings. The molecule has 20 heavy (non-hydrogen) atoms. The molecule has 1 aromatic heterocycles. The van der Waals surface area contributed by atoms with E-state index < -0.39 is 0 Å². The predicted octanol–water partition coefficient (Wildman–Crippen LogP) is 4.75. The summed E-state index contributed by atoms with van der Waals surface area (Å²) in [5.41, 5.74) is 1.96. The summed E-state index contributed by atoms with van der Waals surface area (Å²) >= 11 is 0. The Morgan fingerprint density at radius 3 is 2.90 bits per heavy atom. The van der Waals surface area contributed by atoms with E-state index in [-0.39, 0.29) is 5.78 Å². The molecule has 0 spiro atoms. The van der Waals surface area contributed by atoms with Gasteiger partial charge in [0, 0.05) is 11.8 Å². The zero-order valence-corrected chi connectivity index (χ0v) is 11.9. The van der Waals surface area contributed by atoms with Gasteiger partial charge < -0.3 is 4.42 Å². The number of rotatable bonds is 3. The van der Waals surface area contributed by atoms with Crippen LogP contribution in [0.4, 0.5) is 0 Å². The van der Waals surface area contributed by atoms with E-state index in [1.807, 2.05) is 31.2 Å². The molecule has 3 unspecified atom stereocenters. The third kappa shape index (κ3) is 1.90. The van der Waals surface area contributed by atoms with Crippen molar-refractivity contribution in [2.24, 2.45) is 17.8 Å². The van der Waals surface area contributed by atoms with Gasteiger partial charge in [-0.05, 0) is 55.6 Å². The molecule has 2 aliphatic carbocycles. The lowest BCUT2D eigenvalue weighted by atomic mass is 9.85. The summed E-state index contributed by atoms with van der Waals surface area (Å²) < 4.78 is 5.80. The van der Waals surface area contributed by atoms with Crippen molar-refractivity contribution in [2.75, 3.05) is 0 Å². The molecule has 0 amide bonds. The van der Waals surface area contributed by atoms with Crippen LogP contribution in [0.25, 0.3) is 11.0 Å². The zero-order chi connectivity index (χ0) is 13.7. The lowest BCUT2D eigenvalue weighted by molar-refractivity contribution is 0.0919. The molecule has 1 heterocycles. The molecule has 2 aliphatic rings. The number of furan rings is 1. The summed E-state index contributed by atoms with van der Waals surface area (Å²) in [6.45, 7) is 2.02. The Bertz CT molecular complexity index is 667. The fourth-order valence-electron chi connectivity index (χ4n) is 4.31. The zero-order valence-electron chi connectivity index (χ0n) is 11.9. The number of hydrogen-bond donors (Lipinski definition) is 0. The second kappa shape index (κ2) is 4.47. The van der Waals surface area contributed by atoms with E-state index in [4.69, 9.17) is 4.42 Å². The first kappa shape index (κ1) is 12.2. The first-order valence-corrected chi connectivity index (χ1v) is 7.73. The Morgan fingerprint density at radius 1 is 1.30 bits per heavy atom. The van der Waals surface area contributed by atoms with Crippen LogP contribution in [0.15, 0.2) is 28.7 Å². The number of ketones is 1. The van der Waals surface area contributed by atoms with E-state index >= 15 is 0 Å². The van der Waals surface area contributed by atoms with Gasteiger partial charge in [0.15, 0.2) is 11.5 Å². The monoisotopic (exact) mass is 268 g/mol. The number of fused-ring (bicyclic) bond motifs is 3. The standard InChI is InChI=1S/C18H20O2/c1-11-3-2-4-14-10-17(20-18(11)14)16(19)9-15-8-12-5-6-13(15)7-12/h2-4,10,12-13,15H,5-9H2,1H3. The molecule has 2 saturated carbocycles. The quantitative estimate of drug-likeness (QED) is 0.752. The number of hydrogen-bond acceptors (Lipinski definition) is 2. The SMILES string of the molecule is Cc1cccc2cc(C(=O)CC3CC4CCC3C4)oc12. The van der Waals surface area contributed by atoms with E-state index in [1.54, 1.807) is 0 Å². The van der Waals surface area contributed by atoms with E-state index in [0.29, 0.717) is 18.1 Å². The van der Waals surface area contributed by atoms with Gasteiger partial charge in [-0.3, -0.25) is 4.79 Å². The minimum Gasteiger partial charge on any atom is -0.453 e. The Morgan fingerprint density at radius 2 is 2.20 bits per heavy atom. The molecule has 0 N–H and O–H groups in total. The van der Waals surface area contributed by atoms with Crippen LogP contribution < -0.4 is 0 Å². The van der Waals surface area contributed by atoms with Crippen LogP contribution in [-0.2, 0) is 0 Å². The molecule has 2 heteroatoms. The topological polar surface area (TPSA) is 30.2 Å². The maximum Gasteiger partial charge on any atom is 0.198 e. The van der Waals surface area contributed by atoms with Gasteiger partial charge in [-0.1, -0.05) is 24.6 Å². The third-order valence-corrected chi connectivity index (χ3v) is 5.35. The molecule has 2 bridgehead atoms. The van der Waals surface area contributed by atoms with Crippen molar-refractivity contribution >= 4 is 16.8 Å². The lowest BCUT2D eigenvalue weighted by Gasteiger charge is -2.20. The second-order valence-corrected chi connectivity index (χ2v) is 6.67. The highest BCUT2D eigenvalue weighted by atomic mass is 16.3. The van der Waals surface area contributed by atoms with Gasteiger partial charge in [0.25, 0.3) is 0 Å². The van der Waals surface area contributed by atoms with Gasteiger partial charge in [0.2, 0.25) is 0 Å². The molecule has 4 rings (SSSR count). The highest BCUT2D eigenvalue weighted by Gasteiger charge is 2.40. The first-order valence-electron chi connectivity index (χ1n) is 7.73. The van der Waals surface area contributed by atoms with Crippen molar-refractivity contribution in [1.29, 1.82) is 0 Å². The van der Waals surface area contributed by atoms with Crippen LogP contribution in [-0.4, -0.2) is 5.78 Å². The van der Waals surface area contributed by atoms with Crippen molar-refractivity contribution in [1.82, 2.24) is 0 Å². The number of para-hydroxylation sites is 1. The van der Waals surface area contributed by atoms with Crippen LogP contribution in [0, 0.1) is 24.7 Å². The molecule has 0 radical (unpaired) electrons. The molecule has 2 nitrogen and oxygen atoms in total. The highest BCUT2D eigenvalue weighted by Crippen LogP contribution is 2.49. The molecule has 3 atom stereocenters. The summed E-state index contributed by atoms with van der Waals surface area (Å²) in [5.74, 6) is 3.05. The van der Waals surface area contributed by atoms with Crippen molar-refractivity contribution in [3.8, 4) is 0 Å². The molecular weight excluding hydrogens is 248 g/mol. The summed E-state index contributed by atoms with van der Waals surface area (Å²) in [7, 11) is 0. The lowest BCUT2D eigenvalue weighted by Crippen LogP contribution is -2.14.